The Hall–Kier alpha value is -0.668. The van der Waals surface area contributed by atoms with E-state index in [0.29, 0.717) is 6.42 Å². The summed E-state index contributed by atoms with van der Waals surface area (Å²) in [6.07, 6.45) is 20.2. The zero-order valence-electron chi connectivity index (χ0n) is 18.8. The number of hydrogen-bond acceptors (Lipinski definition) is 5. The zero-order valence-corrected chi connectivity index (χ0v) is 22.7. The topological polar surface area (TPSA) is 81.7 Å². The predicted octanol–water partition coefficient (Wildman–Crippen LogP) is 5.15. The number of nitrogens with one attached hydrogen (secondary N) is 1. The monoisotopic (exact) mass is 619 g/mol. The van der Waals surface area contributed by atoms with Gasteiger partial charge in [-0.1, -0.05) is 64.7 Å². The van der Waals surface area contributed by atoms with Crippen molar-refractivity contribution in [1.82, 2.24) is 5.32 Å². The van der Waals surface area contributed by atoms with Crippen molar-refractivity contribution in [2.45, 2.75) is 129 Å². The van der Waals surface area contributed by atoms with Crippen molar-refractivity contribution in [2.75, 3.05) is 0 Å². The van der Waals surface area contributed by atoms with Gasteiger partial charge < -0.3 is 0 Å². The molecule has 1 heterocycles. The van der Waals surface area contributed by atoms with Crippen LogP contribution in [0.4, 0.5) is 0 Å². The molecule has 0 spiro atoms. The van der Waals surface area contributed by atoms with Crippen LogP contribution >= 0.6 is 0 Å². The van der Waals surface area contributed by atoms with Crippen molar-refractivity contribution < 1.29 is 19.8 Å². The Morgan fingerprint density at radius 3 is 1.87 bits per heavy atom. The molecule has 2 radical (unpaired) electrons. The molecule has 1 aliphatic rings. The van der Waals surface area contributed by atoms with Gasteiger partial charge in [0.05, 0.1) is 0 Å². The molecule has 6 nitrogen and oxygen atoms in total. The average molecular weight is 619 g/mol. The van der Waals surface area contributed by atoms with Crippen LogP contribution in [0.25, 0.3) is 0 Å². The van der Waals surface area contributed by atoms with Crippen LogP contribution in [0.1, 0.15) is 122 Å². The molecule has 1 aliphatic heterocycles. The maximum atomic E-state index is 12.1. The van der Waals surface area contributed by atoms with Crippen LogP contribution in [-0.2, 0) is 19.8 Å². The molecule has 1 saturated heterocycles. The summed E-state index contributed by atoms with van der Waals surface area (Å²) in [6, 6.07) is -0.700. The quantitative estimate of drug-likeness (QED) is 0.180. The normalized spacial score (nSPS) is 17.0. The van der Waals surface area contributed by atoms with Crippen molar-refractivity contribution in [1.29, 1.82) is 0 Å². The zero-order chi connectivity index (χ0) is 21.9. The second-order valence-electron chi connectivity index (χ2n) is 8.34. The Morgan fingerprint density at radius 1 is 0.833 bits per heavy atom. The van der Waals surface area contributed by atoms with Gasteiger partial charge in [-0.3, -0.25) is 0 Å². The van der Waals surface area contributed by atoms with Crippen LogP contribution in [0, 0.1) is 0 Å². The van der Waals surface area contributed by atoms with E-state index in [1.807, 2.05) is 0 Å². The van der Waals surface area contributed by atoms with Crippen molar-refractivity contribution in [3.63, 3.8) is 0 Å². The summed E-state index contributed by atoms with van der Waals surface area (Å²) in [6.45, 7) is 2.26. The molecular formula is C23H41NO5Pb. The van der Waals surface area contributed by atoms with Crippen LogP contribution in [-0.4, -0.2) is 49.0 Å². The van der Waals surface area contributed by atoms with E-state index < -0.39 is 37.2 Å². The second kappa shape index (κ2) is 19.1. The molecule has 0 saturated carbocycles. The third-order valence-electron chi connectivity index (χ3n) is 5.56. The Kier molecular flexibility index (Phi) is 17.4. The molecule has 0 aromatic heterocycles. The molecule has 0 aliphatic carbocycles. The van der Waals surface area contributed by atoms with Gasteiger partial charge in [-0.25, -0.2) is 0 Å². The number of hydrogen-bond donors (Lipinski definition) is 1. The predicted molar refractivity (Wildman–Crippen MR) is 119 cm³/mol. The summed E-state index contributed by atoms with van der Waals surface area (Å²) in [5.41, 5.74) is 0. The molecule has 1 rings (SSSR count). The number of amides is 1. The van der Waals surface area contributed by atoms with Crippen LogP contribution in [0.15, 0.2) is 0 Å². The molecule has 0 bridgehead atoms. The summed E-state index contributed by atoms with van der Waals surface area (Å²) in [5, 5.41) is 2.72. The molecular weight excluding hydrogens is 577 g/mol. The molecule has 0 aromatic rings. The average Bonchev–Trinajstić information content (AvgIpc) is 2.72. The molecule has 30 heavy (non-hydrogen) atoms. The Balaban J connectivity index is 1.90. The summed E-state index contributed by atoms with van der Waals surface area (Å²) in [4.78, 5) is 35.2. The van der Waals surface area contributed by atoms with Crippen LogP contribution in [0.3, 0.4) is 0 Å². The molecule has 1 N–H and O–H groups in total. The van der Waals surface area contributed by atoms with Gasteiger partial charge in [0, 0.05) is 0 Å². The molecule has 172 valence electrons. The number of unbranched alkanes of at least 4 members (excludes halogenated alkanes) is 14. The fourth-order valence-corrected chi connectivity index (χ4v) is 5.46. The van der Waals surface area contributed by atoms with E-state index in [9.17, 15) is 14.4 Å². The second-order valence-corrected chi connectivity index (χ2v) is 10.6. The summed E-state index contributed by atoms with van der Waals surface area (Å²) in [7, 11) is 0. The number of rotatable bonds is 17. The molecule has 0 aromatic carbocycles. The van der Waals surface area contributed by atoms with E-state index in [0.717, 1.165) is 19.3 Å². The molecule has 0 unspecified atom stereocenters. The maximum absolute atomic E-state index is 12.1. The molecule has 1 amide bonds. The van der Waals surface area contributed by atoms with Gasteiger partial charge in [0.2, 0.25) is 0 Å². The fraction of sp³-hybridized carbons (Fsp3) is 0.870. The first kappa shape index (κ1) is 27.4. The standard InChI is InChI=1S/C23H43NO5.Pb/c1-2-3-4-5-6-7-8-9-10-11-12-13-14-15-16-17-21(25)24-20(23(28)29)18-19-22(26)27;/h20H,2-19H2,1H3,(H,24,25)(H,26,27)(H,28,29);/q;+2/p-2/t20-;/m1./s1. The molecule has 1 fully saturated rings. The SMILES string of the molecule is CCCCCCCCCCCCCCCCCC(=O)N[C@@H]1CCC(=O)[O][Pb][O]C1=O. The first-order chi connectivity index (χ1) is 14.6. The van der Waals surface area contributed by atoms with Crippen LogP contribution in [0.5, 0.6) is 0 Å². The van der Waals surface area contributed by atoms with Crippen molar-refractivity contribution in [3.8, 4) is 0 Å². The minimum atomic E-state index is -2.09. The Morgan fingerprint density at radius 2 is 1.33 bits per heavy atom. The summed E-state index contributed by atoms with van der Waals surface area (Å²) in [5.74, 6) is -0.905. The van der Waals surface area contributed by atoms with Crippen molar-refractivity contribution in [3.05, 3.63) is 0 Å². The van der Waals surface area contributed by atoms with Gasteiger partial charge in [0.1, 0.15) is 0 Å². The van der Waals surface area contributed by atoms with Crippen molar-refractivity contribution in [2.24, 2.45) is 0 Å². The van der Waals surface area contributed by atoms with E-state index in [1.165, 1.54) is 77.0 Å². The minimum absolute atomic E-state index is 0.131. The number of carbonyl (C=O) groups is 3. The van der Waals surface area contributed by atoms with E-state index in [2.05, 4.69) is 12.2 Å². The van der Waals surface area contributed by atoms with E-state index in [-0.39, 0.29) is 24.7 Å². The van der Waals surface area contributed by atoms with E-state index >= 15 is 0 Å². The Bertz CT molecular complexity index is 486. The molecule has 7 heteroatoms. The third kappa shape index (κ3) is 15.2. The van der Waals surface area contributed by atoms with Gasteiger partial charge in [0.25, 0.3) is 0 Å². The van der Waals surface area contributed by atoms with Crippen molar-refractivity contribution >= 4 is 43.0 Å². The summed E-state index contributed by atoms with van der Waals surface area (Å²) < 4.78 is 9.86. The van der Waals surface area contributed by atoms with Crippen LogP contribution < -0.4 is 5.32 Å². The van der Waals surface area contributed by atoms with E-state index in [1.54, 1.807) is 0 Å². The van der Waals surface area contributed by atoms with E-state index in [4.69, 9.17) is 5.37 Å². The summed E-state index contributed by atoms with van der Waals surface area (Å²) >= 11 is -2.09. The first-order valence-corrected chi connectivity index (χ1v) is 15.3. The molecule has 1 atom stereocenters. The van der Waals surface area contributed by atoms with Crippen LogP contribution in [0.2, 0.25) is 0 Å². The third-order valence-corrected chi connectivity index (χ3v) is 7.88. The van der Waals surface area contributed by atoms with Gasteiger partial charge >= 0.3 is 132 Å². The fourth-order valence-electron chi connectivity index (χ4n) is 3.67. The van der Waals surface area contributed by atoms with Gasteiger partial charge in [-0.05, 0) is 0 Å². The first-order valence-electron chi connectivity index (χ1n) is 12.1. The van der Waals surface area contributed by atoms with Gasteiger partial charge in [0.15, 0.2) is 0 Å². The van der Waals surface area contributed by atoms with Gasteiger partial charge in [-0.15, -0.1) is 0 Å². The number of carbonyl (C=O) groups excluding carboxylic acids is 3. The van der Waals surface area contributed by atoms with Gasteiger partial charge in [-0.2, -0.15) is 0 Å². The Labute approximate surface area is 196 Å².